The molecule has 0 unspecified atom stereocenters. The minimum atomic E-state index is -0.220. The van der Waals surface area contributed by atoms with Crippen molar-refractivity contribution in [3.63, 3.8) is 0 Å². The normalized spacial score (nSPS) is 17.8. The molecule has 3 rings (SSSR count). The highest BCUT2D eigenvalue weighted by atomic mass is 32.1. The highest BCUT2D eigenvalue weighted by molar-refractivity contribution is 7.10. The summed E-state index contributed by atoms with van der Waals surface area (Å²) < 4.78 is 0. The zero-order valence-corrected chi connectivity index (χ0v) is 14.3. The number of amides is 1. The molecule has 1 amide bonds. The predicted molar refractivity (Wildman–Crippen MR) is 95.6 cm³/mol. The van der Waals surface area contributed by atoms with Crippen LogP contribution in [0.2, 0.25) is 0 Å². The molecule has 2 aromatic rings. The molecule has 1 heterocycles. The molecule has 3 nitrogen and oxygen atoms in total. The van der Waals surface area contributed by atoms with Crippen molar-refractivity contribution in [3.8, 4) is 0 Å². The largest absolute Gasteiger partial charge is 0.352 e. The van der Waals surface area contributed by atoms with Crippen molar-refractivity contribution in [2.45, 2.75) is 50.7 Å². The Morgan fingerprint density at radius 3 is 2.52 bits per heavy atom. The first-order valence-electron chi connectivity index (χ1n) is 8.39. The highest BCUT2D eigenvalue weighted by Crippen LogP contribution is 2.26. The summed E-state index contributed by atoms with van der Waals surface area (Å²) in [5, 5.41) is 8.77. The van der Waals surface area contributed by atoms with Gasteiger partial charge in [0.05, 0.1) is 12.1 Å². The first-order valence-corrected chi connectivity index (χ1v) is 9.27. The molecular formula is C19H24N2OS. The van der Waals surface area contributed by atoms with Crippen LogP contribution in [0.3, 0.4) is 0 Å². The van der Waals surface area contributed by atoms with Crippen LogP contribution in [0.25, 0.3) is 0 Å². The number of carbonyl (C=O) groups excluding carboxylic acids is 1. The summed E-state index contributed by atoms with van der Waals surface area (Å²) in [6.07, 6.45) is 4.69. The average molecular weight is 328 g/mol. The quantitative estimate of drug-likeness (QED) is 0.845. The molecule has 2 N–H and O–H groups in total. The Morgan fingerprint density at radius 1 is 1.13 bits per heavy atom. The van der Waals surface area contributed by atoms with Gasteiger partial charge in [-0.1, -0.05) is 49.2 Å². The summed E-state index contributed by atoms with van der Waals surface area (Å²) in [6, 6.07) is 14.7. The van der Waals surface area contributed by atoms with Crippen molar-refractivity contribution < 1.29 is 4.79 Å². The molecule has 1 saturated carbocycles. The molecule has 0 aliphatic heterocycles. The van der Waals surface area contributed by atoms with Crippen molar-refractivity contribution in [2.24, 2.45) is 0 Å². The third-order valence-electron chi connectivity index (χ3n) is 4.47. The van der Waals surface area contributed by atoms with Gasteiger partial charge in [0.1, 0.15) is 0 Å². The third kappa shape index (κ3) is 4.21. The summed E-state index contributed by atoms with van der Waals surface area (Å²) in [7, 11) is 0. The standard InChI is InChI=1S/C19H24N2OS/c1-14(19(22)21-16-10-5-6-11-16)20-18(17-12-7-13-23-17)15-8-3-2-4-9-15/h2-4,7-9,12-14,16,18,20H,5-6,10-11H2,1H3,(H,21,22)/t14-,18-/m0/s1. The van der Waals surface area contributed by atoms with Crippen LogP contribution >= 0.6 is 11.3 Å². The zero-order chi connectivity index (χ0) is 16.1. The van der Waals surface area contributed by atoms with Gasteiger partial charge in [0.2, 0.25) is 5.91 Å². The van der Waals surface area contributed by atoms with E-state index in [4.69, 9.17) is 0 Å². The number of rotatable bonds is 6. The first-order chi connectivity index (χ1) is 11.2. The molecule has 23 heavy (non-hydrogen) atoms. The minimum Gasteiger partial charge on any atom is -0.352 e. The summed E-state index contributed by atoms with van der Waals surface area (Å²) in [6.45, 7) is 1.95. The lowest BCUT2D eigenvalue weighted by molar-refractivity contribution is -0.123. The zero-order valence-electron chi connectivity index (χ0n) is 13.5. The summed E-state index contributed by atoms with van der Waals surface area (Å²) in [5.74, 6) is 0.106. The highest BCUT2D eigenvalue weighted by Gasteiger charge is 2.24. The van der Waals surface area contributed by atoms with Gasteiger partial charge in [-0.25, -0.2) is 0 Å². The van der Waals surface area contributed by atoms with Gasteiger partial charge in [-0.3, -0.25) is 10.1 Å². The molecule has 1 aliphatic carbocycles. The number of hydrogen-bond donors (Lipinski definition) is 2. The number of thiophene rings is 1. The molecule has 4 heteroatoms. The summed E-state index contributed by atoms with van der Waals surface area (Å²) in [5.41, 5.74) is 1.19. The van der Waals surface area contributed by atoms with Crippen molar-refractivity contribution in [1.82, 2.24) is 10.6 Å². The molecule has 0 saturated heterocycles. The average Bonchev–Trinajstić information content (AvgIpc) is 3.26. The maximum Gasteiger partial charge on any atom is 0.237 e. The van der Waals surface area contributed by atoms with Crippen LogP contribution in [0.15, 0.2) is 47.8 Å². The molecule has 0 radical (unpaired) electrons. The van der Waals surface area contributed by atoms with Crippen molar-refractivity contribution in [1.29, 1.82) is 0 Å². The fourth-order valence-electron chi connectivity index (χ4n) is 3.17. The van der Waals surface area contributed by atoms with Crippen LogP contribution in [-0.4, -0.2) is 18.0 Å². The summed E-state index contributed by atoms with van der Waals surface area (Å²) >= 11 is 1.72. The second-order valence-corrected chi connectivity index (χ2v) is 7.22. The van der Waals surface area contributed by atoms with Crippen LogP contribution in [0.1, 0.15) is 49.1 Å². The molecule has 1 aliphatic rings. The Balaban J connectivity index is 1.69. The fourth-order valence-corrected chi connectivity index (χ4v) is 3.98. The Morgan fingerprint density at radius 2 is 1.87 bits per heavy atom. The van der Waals surface area contributed by atoms with Crippen LogP contribution in [-0.2, 0) is 4.79 Å². The van der Waals surface area contributed by atoms with Crippen LogP contribution in [0.4, 0.5) is 0 Å². The van der Waals surface area contributed by atoms with E-state index in [2.05, 4.69) is 40.3 Å². The predicted octanol–water partition coefficient (Wildman–Crippen LogP) is 3.87. The van der Waals surface area contributed by atoms with Gasteiger partial charge in [0.15, 0.2) is 0 Å². The SMILES string of the molecule is C[C@H](N[C@@H](c1ccccc1)c1cccs1)C(=O)NC1CCCC1. The summed E-state index contributed by atoms with van der Waals surface area (Å²) in [4.78, 5) is 13.7. The Labute approximate surface area is 142 Å². The lowest BCUT2D eigenvalue weighted by Gasteiger charge is -2.24. The van der Waals surface area contributed by atoms with E-state index in [0.717, 1.165) is 12.8 Å². The van der Waals surface area contributed by atoms with Crippen LogP contribution in [0, 0.1) is 0 Å². The van der Waals surface area contributed by atoms with Gasteiger partial charge in [-0.15, -0.1) is 11.3 Å². The monoisotopic (exact) mass is 328 g/mol. The van der Waals surface area contributed by atoms with Crippen LogP contribution in [0.5, 0.6) is 0 Å². The Kier molecular flexibility index (Phi) is 5.47. The van der Waals surface area contributed by atoms with Crippen LogP contribution < -0.4 is 10.6 Å². The maximum atomic E-state index is 12.5. The lowest BCUT2D eigenvalue weighted by atomic mass is 10.0. The number of nitrogens with one attached hydrogen (secondary N) is 2. The van der Waals surface area contributed by atoms with Gasteiger partial charge in [0.25, 0.3) is 0 Å². The second-order valence-electron chi connectivity index (χ2n) is 6.24. The number of benzene rings is 1. The molecule has 2 atom stereocenters. The van der Waals surface area contributed by atoms with E-state index in [1.54, 1.807) is 11.3 Å². The smallest absolute Gasteiger partial charge is 0.237 e. The molecule has 0 spiro atoms. The van der Waals surface area contributed by atoms with Crippen molar-refractivity contribution in [2.75, 3.05) is 0 Å². The van der Waals surface area contributed by atoms with E-state index >= 15 is 0 Å². The van der Waals surface area contributed by atoms with Gasteiger partial charge >= 0.3 is 0 Å². The lowest BCUT2D eigenvalue weighted by Crippen LogP contribution is -2.46. The second kappa shape index (κ2) is 7.75. The van der Waals surface area contributed by atoms with Crippen molar-refractivity contribution >= 4 is 17.2 Å². The van der Waals surface area contributed by atoms with E-state index in [0.29, 0.717) is 6.04 Å². The molecule has 1 aromatic heterocycles. The van der Waals surface area contributed by atoms with Gasteiger partial charge in [0, 0.05) is 10.9 Å². The number of carbonyl (C=O) groups is 1. The molecular weight excluding hydrogens is 304 g/mol. The molecule has 1 fully saturated rings. The number of hydrogen-bond acceptors (Lipinski definition) is 3. The molecule has 1 aromatic carbocycles. The van der Waals surface area contributed by atoms with E-state index in [1.807, 2.05) is 25.1 Å². The maximum absolute atomic E-state index is 12.5. The van der Waals surface area contributed by atoms with E-state index in [-0.39, 0.29) is 18.0 Å². The fraction of sp³-hybridized carbons (Fsp3) is 0.421. The molecule has 0 bridgehead atoms. The molecule has 122 valence electrons. The van der Waals surface area contributed by atoms with E-state index in [9.17, 15) is 4.79 Å². The Hall–Kier alpha value is -1.65. The third-order valence-corrected chi connectivity index (χ3v) is 5.41. The Bertz CT molecular complexity index is 606. The van der Waals surface area contributed by atoms with Gasteiger partial charge in [-0.2, -0.15) is 0 Å². The van der Waals surface area contributed by atoms with Gasteiger partial charge < -0.3 is 5.32 Å². The van der Waals surface area contributed by atoms with Gasteiger partial charge in [-0.05, 0) is 36.8 Å². The first kappa shape index (κ1) is 16.2. The topological polar surface area (TPSA) is 41.1 Å². The van der Waals surface area contributed by atoms with E-state index in [1.165, 1.54) is 23.3 Å². The van der Waals surface area contributed by atoms with Crippen molar-refractivity contribution in [3.05, 3.63) is 58.3 Å². The minimum absolute atomic E-state index is 0.0560. The van der Waals surface area contributed by atoms with E-state index < -0.39 is 0 Å².